The van der Waals surface area contributed by atoms with Gasteiger partial charge in [-0.15, -0.1) is 9.24 Å². The van der Waals surface area contributed by atoms with Gasteiger partial charge in [-0.05, 0) is 34.9 Å². The van der Waals surface area contributed by atoms with E-state index in [1.807, 2.05) is 24.3 Å². The minimum absolute atomic E-state index is 0.0483. The first-order chi connectivity index (χ1) is 13.9. The van der Waals surface area contributed by atoms with Gasteiger partial charge in [-0.3, -0.25) is 0 Å². The molecule has 0 aliphatic carbocycles. The Hall–Kier alpha value is -2.24. The first-order valence-corrected chi connectivity index (χ1v) is 9.63. The van der Waals surface area contributed by atoms with Crippen LogP contribution >= 0.6 is 9.24 Å². The Balaban J connectivity index is 1.58. The van der Waals surface area contributed by atoms with Crippen LogP contribution in [0, 0.1) is 17.5 Å². The maximum absolute atomic E-state index is 14.7. The zero-order valence-electron chi connectivity index (χ0n) is 15.4. The van der Waals surface area contributed by atoms with Crippen molar-refractivity contribution in [3.63, 3.8) is 0 Å². The maximum Gasteiger partial charge on any atom is 0.183 e. The molecule has 0 saturated carbocycles. The molecule has 1 fully saturated rings. The van der Waals surface area contributed by atoms with Crippen molar-refractivity contribution in [1.82, 2.24) is 0 Å². The molecule has 1 saturated heterocycles. The van der Waals surface area contributed by atoms with Crippen molar-refractivity contribution in [2.75, 3.05) is 13.2 Å². The highest BCUT2D eigenvalue weighted by Gasteiger charge is 2.21. The second-order valence-electron chi connectivity index (χ2n) is 6.94. The third-order valence-corrected chi connectivity index (χ3v) is 5.20. The molecule has 0 amide bonds. The van der Waals surface area contributed by atoms with E-state index in [4.69, 9.17) is 15.2 Å². The average molecular weight is 417 g/mol. The lowest BCUT2D eigenvalue weighted by molar-refractivity contribution is -0.189. The highest BCUT2D eigenvalue weighted by Crippen LogP contribution is 2.30. The van der Waals surface area contributed by atoms with Crippen LogP contribution in [0.5, 0.6) is 0 Å². The molecular weight excluding hydrogens is 398 g/mol. The molecule has 3 aromatic carbocycles. The van der Waals surface area contributed by atoms with Gasteiger partial charge in [-0.1, -0.05) is 36.4 Å². The summed E-state index contributed by atoms with van der Waals surface area (Å²) in [5, 5.41) is 0.0483. The summed E-state index contributed by atoms with van der Waals surface area (Å²) in [6, 6.07) is 14.4. The van der Waals surface area contributed by atoms with E-state index in [9.17, 15) is 13.2 Å². The van der Waals surface area contributed by atoms with Crippen LogP contribution in [0.15, 0.2) is 54.6 Å². The van der Waals surface area contributed by atoms with Crippen molar-refractivity contribution in [3.05, 3.63) is 77.6 Å². The molecule has 1 aliphatic heterocycles. The zero-order chi connectivity index (χ0) is 20.5. The molecule has 4 rings (SSSR count). The number of halogens is 3. The average Bonchev–Trinajstić information content (AvgIpc) is 2.72. The van der Waals surface area contributed by atoms with Crippen LogP contribution in [0.3, 0.4) is 0 Å². The lowest BCUT2D eigenvalue weighted by Crippen LogP contribution is -2.37. The molecule has 0 spiro atoms. The van der Waals surface area contributed by atoms with Gasteiger partial charge in [-0.25, -0.2) is 13.2 Å². The smallest absolute Gasteiger partial charge is 0.183 e. The zero-order valence-corrected chi connectivity index (χ0v) is 16.5. The standard InChI is InChI=1S/C22H19F3NO2P/c23-18-7-14(5-6-17(18)15-8-19(24)21(25)20(29)9-15)12-1-3-13(4-2-12)22-27-10-16(26)11-28-22/h1-9,16,22H,10-11,26,29H2. The second-order valence-corrected chi connectivity index (χ2v) is 7.56. The molecule has 3 nitrogen and oxygen atoms in total. The molecule has 1 heterocycles. The minimum Gasteiger partial charge on any atom is -0.347 e. The monoisotopic (exact) mass is 417 g/mol. The summed E-state index contributed by atoms with van der Waals surface area (Å²) in [6.45, 7) is 0.863. The van der Waals surface area contributed by atoms with E-state index in [1.165, 1.54) is 12.1 Å². The van der Waals surface area contributed by atoms with Crippen LogP contribution in [0.1, 0.15) is 11.9 Å². The highest BCUT2D eigenvalue weighted by molar-refractivity contribution is 7.27. The van der Waals surface area contributed by atoms with Gasteiger partial charge >= 0.3 is 0 Å². The molecule has 150 valence electrons. The van der Waals surface area contributed by atoms with Gasteiger partial charge < -0.3 is 15.2 Å². The Kier molecular flexibility index (Phi) is 5.70. The molecule has 1 aliphatic rings. The minimum atomic E-state index is -1.01. The Labute approximate surface area is 168 Å². The van der Waals surface area contributed by atoms with E-state index in [-0.39, 0.29) is 22.5 Å². The molecule has 0 radical (unpaired) electrons. The number of ether oxygens (including phenoxy) is 2. The van der Waals surface area contributed by atoms with E-state index >= 15 is 0 Å². The molecule has 1 atom stereocenters. The molecule has 0 aromatic heterocycles. The number of rotatable bonds is 3. The summed E-state index contributed by atoms with van der Waals surface area (Å²) in [4.78, 5) is 0. The van der Waals surface area contributed by atoms with Crippen LogP contribution in [-0.2, 0) is 9.47 Å². The first-order valence-electron chi connectivity index (χ1n) is 9.06. The molecule has 0 bridgehead atoms. The Bertz CT molecular complexity index is 1010. The second kappa shape index (κ2) is 8.25. The predicted octanol–water partition coefficient (Wildman–Crippen LogP) is 4.31. The molecule has 29 heavy (non-hydrogen) atoms. The van der Waals surface area contributed by atoms with Crippen molar-refractivity contribution in [3.8, 4) is 22.3 Å². The van der Waals surface area contributed by atoms with Crippen LogP contribution in [-0.4, -0.2) is 19.3 Å². The number of benzene rings is 3. The summed E-state index contributed by atoms with van der Waals surface area (Å²) in [7, 11) is 2.11. The molecule has 3 aromatic rings. The van der Waals surface area contributed by atoms with E-state index in [0.29, 0.717) is 18.8 Å². The maximum atomic E-state index is 14.7. The Morgan fingerprint density at radius 1 is 0.793 bits per heavy atom. The van der Waals surface area contributed by atoms with E-state index in [2.05, 4.69) is 9.24 Å². The van der Waals surface area contributed by atoms with Crippen molar-refractivity contribution >= 4 is 14.5 Å². The quantitative estimate of drug-likeness (QED) is 0.646. The van der Waals surface area contributed by atoms with E-state index in [0.717, 1.165) is 17.2 Å². The fourth-order valence-electron chi connectivity index (χ4n) is 3.24. The summed E-state index contributed by atoms with van der Waals surface area (Å²) in [6.07, 6.45) is -0.461. The molecule has 7 heteroatoms. The van der Waals surface area contributed by atoms with Gasteiger partial charge in [0.05, 0.1) is 19.3 Å². The van der Waals surface area contributed by atoms with Crippen molar-refractivity contribution in [2.24, 2.45) is 5.73 Å². The molecule has 2 N–H and O–H groups in total. The summed E-state index contributed by atoms with van der Waals surface area (Å²) in [5.41, 5.74) is 8.55. The van der Waals surface area contributed by atoms with Crippen LogP contribution in [0.4, 0.5) is 13.2 Å². The fourth-order valence-corrected chi connectivity index (χ4v) is 3.56. The SMILES string of the molecule is NC1COC(c2ccc(-c3ccc(-c4cc(F)c(F)c(P)c4)c(F)c3)cc2)OC1. The number of nitrogens with two attached hydrogens (primary N) is 1. The molecule has 1 unspecified atom stereocenters. The lowest BCUT2D eigenvalue weighted by atomic mass is 9.98. The van der Waals surface area contributed by atoms with Gasteiger partial charge in [0.1, 0.15) is 5.82 Å². The lowest BCUT2D eigenvalue weighted by Gasteiger charge is -2.27. The van der Waals surface area contributed by atoms with E-state index in [1.54, 1.807) is 12.1 Å². The van der Waals surface area contributed by atoms with Crippen molar-refractivity contribution in [1.29, 1.82) is 0 Å². The van der Waals surface area contributed by atoms with Gasteiger partial charge in [-0.2, -0.15) is 0 Å². The first kappa shape index (κ1) is 20.0. The van der Waals surface area contributed by atoms with Gasteiger partial charge in [0, 0.05) is 16.4 Å². The molecular formula is C22H19F3NO2P. The normalized spacial score (nSPS) is 19.3. The van der Waals surface area contributed by atoms with Crippen LogP contribution in [0.2, 0.25) is 0 Å². The number of hydrogen-bond donors (Lipinski definition) is 1. The summed E-state index contributed by atoms with van der Waals surface area (Å²) in [5.74, 6) is -2.49. The van der Waals surface area contributed by atoms with Gasteiger partial charge in [0.2, 0.25) is 0 Å². The summed E-state index contributed by atoms with van der Waals surface area (Å²) >= 11 is 0. The Morgan fingerprint density at radius 2 is 1.41 bits per heavy atom. The van der Waals surface area contributed by atoms with Gasteiger partial charge in [0.25, 0.3) is 0 Å². The summed E-state index contributed by atoms with van der Waals surface area (Å²) < 4.78 is 53.0. The Morgan fingerprint density at radius 3 is 2.03 bits per heavy atom. The van der Waals surface area contributed by atoms with Gasteiger partial charge in [0.15, 0.2) is 17.9 Å². The number of hydrogen-bond acceptors (Lipinski definition) is 3. The highest BCUT2D eigenvalue weighted by atomic mass is 31.0. The van der Waals surface area contributed by atoms with Crippen LogP contribution in [0.25, 0.3) is 22.3 Å². The third kappa shape index (κ3) is 4.21. The van der Waals surface area contributed by atoms with E-state index < -0.39 is 23.7 Å². The third-order valence-electron chi connectivity index (χ3n) is 4.78. The van der Waals surface area contributed by atoms with Crippen molar-refractivity contribution < 1.29 is 22.6 Å². The van der Waals surface area contributed by atoms with Crippen LogP contribution < -0.4 is 11.0 Å². The topological polar surface area (TPSA) is 44.5 Å². The largest absolute Gasteiger partial charge is 0.347 e. The fraction of sp³-hybridized carbons (Fsp3) is 0.182. The predicted molar refractivity (Wildman–Crippen MR) is 109 cm³/mol. The van der Waals surface area contributed by atoms with Crippen molar-refractivity contribution in [2.45, 2.75) is 12.3 Å².